The molecule has 8 heteroatoms. The van der Waals surface area contributed by atoms with Gasteiger partial charge in [0.25, 0.3) is 0 Å². The van der Waals surface area contributed by atoms with Crippen molar-refractivity contribution in [3.05, 3.63) is 53.7 Å². The molecule has 1 aliphatic carbocycles. The van der Waals surface area contributed by atoms with E-state index in [0.29, 0.717) is 19.2 Å². The number of allylic oxidation sites excluding steroid dienone is 4. The molecule has 0 atom stereocenters. The highest BCUT2D eigenvalue weighted by atomic mass is 16.5. The summed E-state index contributed by atoms with van der Waals surface area (Å²) in [6.07, 6.45) is 11.7. The van der Waals surface area contributed by atoms with Crippen LogP contribution in [-0.4, -0.2) is 54.3 Å². The van der Waals surface area contributed by atoms with Crippen molar-refractivity contribution in [3.63, 3.8) is 0 Å². The van der Waals surface area contributed by atoms with E-state index in [9.17, 15) is 0 Å². The van der Waals surface area contributed by atoms with Gasteiger partial charge in [0, 0.05) is 62.8 Å². The summed E-state index contributed by atoms with van der Waals surface area (Å²) < 4.78 is 12.3. The van der Waals surface area contributed by atoms with E-state index in [1.807, 2.05) is 18.5 Å². The predicted octanol–water partition coefficient (Wildman–Crippen LogP) is 3.12. The number of hydrogen-bond acceptors (Lipinski definition) is 8. The summed E-state index contributed by atoms with van der Waals surface area (Å²) in [5, 5.41) is 6.67. The maximum absolute atomic E-state index is 6.64. The van der Waals surface area contributed by atoms with Crippen LogP contribution in [0.1, 0.15) is 36.9 Å². The Morgan fingerprint density at radius 1 is 1.06 bits per heavy atom. The number of aromatic nitrogens is 3. The molecule has 3 aliphatic heterocycles. The molecule has 166 valence electrons. The van der Waals surface area contributed by atoms with Crippen molar-refractivity contribution in [2.24, 2.45) is 0 Å². The summed E-state index contributed by atoms with van der Waals surface area (Å²) >= 11 is 0. The van der Waals surface area contributed by atoms with Gasteiger partial charge in [-0.25, -0.2) is 15.0 Å². The van der Waals surface area contributed by atoms with Gasteiger partial charge in [-0.2, -0.15) is 0 Å². The SMILES string of the molecule is C1=CC2=C(CC1)OC1(CCOCC1)c1nc(Nc3ccc(N4CCNCC4)cn3)ncc12. The standard InChI is InChI=1S/C24H28N6O2/c1-2-4-20-18(3-1)19-16-27-23(29-22(19)24(32-20)7-13-31-14-8-24)28-21-6-5-17(15-26-21)30-11-9-25-10-12-30/h1,3,5-6,15-16,25H,2,4,7-14H2,(H,26,27,28,29). The van der Waals surface area contributed by atoms with Crippen molar-refractivity contribution >= 4 is 23.0 Å². The van der Waals surface area contributed by atoms with Crippen LogP contribution in [0.3, 0.4) is 0 Å². The summed E-state index contributed by atoms with van der Waals surface area (Å²) in [7, 11) is 0. The van der Waals surface area contributed by atoms with Crippen molar-refractivity contribution in [1.29, 1.82) is 0 Å². The van der Waals surface area contributed by atoms with E-state index in [4.69, 9.17) is 14.5 Å². The Labute approximate surface area is 187 Å². The molecule has 2 saturated heterocycles. The molecule has 2 aromatic heterocycles. The molecular weight excluding hydrogens is 404 g/mol. The average Bonchev–Trinajstić information content (AvgIpc) is 2.86. The van der Waals surface area contributed by atoms with Crippen LogP contribution in [0.15, 0.2) is 42.4 Å². The second-order valence-electron chi connectivity index (χ2n) is 8.71. The summed E-state index contributed by atoms with van der Waals surface area (Å²) in [5.41, 5.74) is 3.86. The molecule has 8 nitrogen and oxygen atoms in total. The minimum absolute atomic E-state index is 0.434. The Bertz CT molecular complexity index is 1050. The summed E-state index contributed by atoms with van der Waals surface area (Å²) in [5.74, 6) is 2.35. The van der Waals surface area contributed by atoms with Crippen LogP contribution < -0.4 is 15.5 Å². The first-order chi connectivity index (χ1) is 15.8. The number of ether oxygens (including phenoxy) is 2. The first-order valence-electron chi connectivity index (χ1n) is 11.5. The maximum atomic E-state index is 6.64. The van der Waals surface area contributed by atoms with Crippen LogP contribution in [0.25, 0.3) is 5.57 Å². The van der Waals surface area contributed by atoms with Crippen LogP contribution in [0.5, 0.6) is 0 Å². The highest BCUT2D eigenvalue weighted by Gasteiger charge is 2.44. The Morgan fingerprint density at radius 3 is 2.75 bits per heavy atom. The minimum Gasteiger partial charge on any atom is -0.484 e. The smallest absolute Gasteiger partial charge is 0.228 e. The average molecular weight is 433 g/mol. The molecule has 0 saturated carbocycles. The summed E-state index contributed by atoms with van der Waals surface area (Å²) in [6.45, 7) is 5.37. The molecule has 0 amide bonds. The van der Waals surface area contributed by atoms with Crippen LogP contribution >= 0.6 is 0 Å². The lowest BCUT2D eigenvalue weighted by atomic mass is 9.82. The molecule has 0 aromatic carbocycles. The zero-order valence-electron chi connectivity index (χ0n) is 18.1. The molecule has 5 heterocycles. The normalized spacial score (nSPS) is 21.7. The lowest BCUT2D eigenvalue weighted by Gasteiger charge is -2.42. The number of piperazine rings is 1. The molecule has 0 radical (unpaired) electrons. The van der Waals surface area contributed by atoms with E-state index >= 15 is 0 Å². The fraction of sp³-hybridized carbons (Fsp3) is 0.458. The molecular formula is C24H28N6O2. The summed E-state index contributed by atoms with van der Waals surface area (Å²) in [4.78, 5) is 16.5. The van der Waals surface area contributed by atoms with E-state index in [1.54, 1.807) is 0 Å². The highest BCUT2D eigenvalue weighted by Crippen LogP contribution is 2.47. The first kappa shape index (κ1) is 19.7. The van der Waals surface area contributed by atoms with Gasteiger partial charge in [0.05, 0.1) is 30.8 Å². The van der Waals surface area contributed by atoms with Gasteiger partial charge < -0.3 is 25.0 Å². The quantitative estimate of drug-likeness (QED) is 0.765. The lowest BCUT2D eigenvalue weighted by Crippen LogP contribution is -2.43. The van der Waals surface area contributed by atoms with Gasteiger partial charge >= 0.3 is 0 Å². The van der Waals surface area contributed by atoms with Crippen molar-refractivity contribution in [3.8, 4) is 0 Å². The van der Waals surface area contributed by atoms with E-state index in [-0.39, 0.29) is 0 Å². The van der Waals surface area contributed by atoms with Gasteiger partial charge in [-0.15, -0.1) is 0 Å². The third kappa shape index (κ3) is 3.53. The fourth-order valence-corrected chi connectivity index (χ4v) is 4.98. The number of fused-ring (bicyclic) bond motifs is 3. The third-order valence-electron chi connectivity index (χ3n) is 6.72. The largest absolute Gasteiger partial charge is 0.484 e. The molecule has 4 aliphatic rings. The Balaban J connectivity index is 1.29. The number of pyridine rings is 1. The second kappa shape index (κ2) is 8.18. The number of rotatable bonds is 3. The van der Waals surface area contributed by atoms with E-state index in [0.717, 1.165) is 86.0 Å². The van der Waals surface area contributed by atoms with Crippen molar-refractivity contribution in [2.45, 2.75) is 31.3 Å². The highest BCUT2D eigenvalue weighted by molar-refractivity contribution is 5.79. The van der Waals surface area contributed by atoms with Gasteiger partial charge in [-0.05, 0) is 18.6 Å². The Kier molecular flexibility index (Phi) is 5.04. The third-order valence-corrected chi connectivity index (χ3v) is 6.72. The maximum Gasteiger partial charge on any atom is 0.228 e. The second-order valence-corrected chi connectivity index (χ2v) is 8.71. The fourth-order valence-electron chi connectivity index (χ4n) is 4.98. The lowest BCUT2D eigenvalue weighted by molar-refractivity contribution is -0.0940. The van der Waals surface area contributed by atoms with Crippen LogP contribution in [0.4, 0.5) is 17.5 Å². The topological polar surface area (TPSA) is 84.4 Å². The van der Waals surface area contributed by atoms with Gasteiger partial charge in [-0.1, -0.05) is 12.2 Å². The minimum atomic E-state index is -0.434. The molecule has 0 bridgehead atoms. The monoisotopic (exact) mass is 432 g/mol. The summed E-state index contributed by atoms with van der Waals surface area (Å²) in [6, 6.07) is 4.09. The molecule has 1 spiro atoms. The van der Waals surface area contributed by atoms with E-state index in [1.165, 1.54) is 0 Å². The van der Waals surface area contributed by atoms with Gasteiger partial charge in [0.1, 0.15) is 11.6 Å². The van der Waals surface area contributed by atoms with Gasteiger partial charge in [0.15, 0.2) is 5.60 Å². The van der Waals surface area contributed by atoms with Crippen LogP contribution in [0, 0.1) is 0 Å². The molecule has 2 fully saturated rings. The van der Waals surface area contributed by atoms with E-state index in [2.05, 4.69) is 43.7 Å². The zero-order valence-corrected chi connectivity index (χ0v) is 18.1. The van der Waals surface area contributed by atoms with Crippen molar-refractivity contribution < 1.29 is 9.47 Å². The van der Waals surface area contributed by atoms with Gasteiger partial charge in [-0.3, -0.25) is 0 Å². The number of nitrogens with one attached hydrogen (secondary N) is 2. The predicted molar refractivity (Wildman–Crippen MR) is 123 cm³/mol. The Morgan fingerprint density at radius 2 is 1.94 bits per heavy atom. The number of nitrogens with zero attached hydrogens (tertiary/aromatic N) is 4. The molecule has 32 heavy (non-hydrogen) atoms. The van der Waals surface area contributed by atoms with Crippen LogP contribution in [-0.2, 0) is 15.1 Å². The molecule has 0 unspecified atom stereocenters. The van der Waals surface area contributed by atoms with Gasteiger partial charge in [0.2, 0.25) is 5.95 Å². The van der Waals surface area contributed by atoms with Crippen LogP contribution in [0.2, 0.25) is 0 Å². The zero-order chi connectivity index (χ0) is 21.4. The number of hydrogen-bond donors (Lipinski definition) is 2. The Hall–Kier alpha value is -2.97. The molecule has 6 rings (SSSR count). The van der Waals surface area contributed by atoms with E-state index < -0.39 is 5.60 Å². The van der Waals surface area contributed by atoms with Crippen molar-refractivity contribution in [1.82, 2.24) is 20.3 Å². The molecule has 2 N–H and O–H groups in total. The first-order valence-corrected chi connectivity index (χ1v) is 11.5. The molecule has 2 aromatic rings. The number of anilines is 3. The van der Waals surface area contributed by atoms with Crippen molar-refractivity contribution in [2.75, 3.05) is 49.6 Å².